The Labute approximate surface area is 145 Å². The molecule has 0 unspecified atom stereocenters. The third-order valence-corrected chi connectivity index (χ3v) is 4.13. The van der Waals surface area contributed by atoms with Crippen molar-refractivity contribution in [3.8, 4) is 17.1 Å². The number of carbonyl (C=O) groups excluding carboxylic acids is 1. The molecule has 1 heterocycles. The van der Waals surface area contributed by atoms with Gasteiger partial charge in [-0.05, 0) is 43.3 Å². The number of nitrogens with zero attached hydrogens (tertiary/aromatic N) is 2. The minimum atomic E-state index is -0.221. The molecule has 4 aromatic rings. The number of aromatic nitrogens is 2. The van der Waals surface area contributed by atoms with Crippen molar-refractivity contribution in [3.63, 3.8) is 0 Å². The van der Waals surface area contributed by atoms with E-state index < -0.39 is 0 Å². The van der Waals surface area contributed by atoms with Crippen LogP contribution in [-0.2, 0) is 0 Å². The number of para-hydroxylation sites is 2. The highest BCUT2D eigenvalue weighted by atomic mass is 16.3. The Morgan fingerprint density at radius 3 is 2.56 bits per heavy atom. The van der Waals surface area contributed by atoms with Crippen LogP contribution in [0.2, 0.25) is 0 Å². The molecule has 0 saturated heterocycles. The second-order valence-electron chi connectivity index (χ2n) is 5.98. The second-order valence-corrected chi connectivity index (χ2v) is 5.98. The van der Waals surface area contributed by atoms with Gasteiger partial charge in [0.15, 0.2) is 0 Å². The zero-order valence-electron chi connectivity index (χ0n) is 13.7. The van der Waals surface area contributed by atoms with Crippen molar-refractivity contribution in [3.05, 3.63) is 83.9 Å². The van der Waals surface area contributed by atoms with Gasteiger partial charge in [0.05, 0.1) is 11.0 Å². The van der Waals surface area contributed by atoms with Gasteiger partial charge in [0.25, 0.3) is 5.91 Å². The summed E-state index contributed by atoms with van der Waals surface area (Å²) in [6.07, 6.45) is 0. The summed E-state index contributed by atoms with van der Waals surface area (Å²) in [6.45, 7) is 2.01. The Balaban J connectivity index is 1.98. The van der Waals surface area contributed by atoms with Crippen molar-refractivity contribution in [2.45, 2.75) is 6.92 Å². The van der Waals surface area contributed by atoms with Crippen LogP contribution in [0.25, 0.3) is 22.4 Å². The van der Waals surface area contributed by atoms with Gasteiger partial charge in [-0.15, -0.1) is 0 Å². The van der Waals surface area contributed by atoms with Crippen molar-refractivity contribution in [1.29, 1.82) is 0 Å². The second kappa shape index (κ2) is 5.91. The normalized spacial score (nSPS) is 10.9. The first-order valence-corrected chi connectivity index (χ1v) is 8.02. The van der Waals surface area contributed by atoms with Crippen molar-refractivity contribution >= 4 is 16.9 Å². The molecule has 0 atom stereocenters. The maximum Gasteiger partial charge on any atom is 0.264 e. The molecule has 0 aliphatic heterocycles. The molecule has 0 fully saturated rings. The van der Waals surface area contributed by atoms with Gasteiger partial charge in [-0.1, -0.05) is 42.0 Å². The van der Waals surface area contributed by atoms with Crippen LogP contribution in [0.5, 0.6) is 5.75 Å². The predicted molar refractivity (Wildman–Crippen MR) is 97.7 cm³/mol. The first-order chi connectivity index (χ1) is 12.1. The number of phenols is 1. The van der Waals surface area contributed by atoms with Gasteiger partial charge in [0, 0.05) is 11.1 Å². The Kier molecular flexibility index (Phi) is 3.58. The number of fused-ring (bicyclic) bond motifs is 1. The molecule has 0 bridgehead atoms. The van der Waals surface area contributed by atoms with Gasteiger partial charge in [-0.3, -0.25) is 9.36 Å². The van der Waals surface area contributed by atoms with E-state index in [2.05, 4.69) is 4.98 Å². The predicted octanol–water partition coefficient (Wildman–Crippen LogP) is 4.41. The number of hydrogen-bond acceptors (Lipinski definition) is 3. The molecular weight excluding hydrogens is 312 g/mol. The molecule has 1 N–H and O–H groups in total. The highest BCUT2D eigenvalue weighted by Crippen LogP contribution is 2.27. The third kappa shape index (κ3) is 2.68. The van der Waals surface area contributed by atoms with Gasteiger partial charge in [0.1, 0.15) is 11.6 Å². The first-order valence-electron chi connectivity index (χ1n) is 8.02. The van der Waals surface area contributed by atoms with E-state index in [-0.39, 0.29) is 11.7 Å². The third-order valence-electron chi connectivity index (χ3n) is 4.13. The lowest BCUT2D eigenvalue weighted by Gasteiger charge is -2.09. The summed E-state index contributed by atoms with van der Waals surface area (Å²) in [7, 11) is 0. The maximum absolute atomic E-state index is 13.2. The molecule has 0 saturated carbocycles. The Morgan fingerprint density at radius 1 is 0.960 bits per heavy atom. The van der Waals surface area contributed by atoms with Gasteiger partial charge >= 0.3 is 0 Å². The molecule has 4 heteroatoms. The van der Waals surface area contributed by atoms with Gasteiger partial charge < -0.3 is 5.11 Å². The van der Waals surface area contributed by atoms with Crippen LogP contribution in [0.1, 0.15) is 15.9 Å². The molecule has 3 aromatic carbocycles. The smallest absolute Gasteiger partial charge is 0.264 e. The van der Waals surface area contributed by atoms with E-state index in [1.54, 1.807) is 22.8 Å². The molecule has 0 radical (unpaired) electrons. The first kappa shape index (κ1) is 15.1. The van der Waals surface area contributed by atoms with Crippen LogP contribution < -0.4 is 0 Å². The fourth-order valence-electron chi connectivity index (χ4n) is 2.98. The topological polar surface area (TPSA) is 55.1 Å². The SMILES string of the molecule is Cc1cccc(-c2nc3ccccc3n2C(=O)c2cccc(O)c2)c1. The molecule has 25 heavy (non-hydrogen) atoms. The Morgan fingerprint density at radius 2 is 1.76 bits per heavy atom. The summed E-state index contributed by atoms with van der Waals surface area (Å²) in [5.41, 5.74) is 3.89. The monoisotopic (exact) mass is 328 g/mol. The Bertz CT molecular complexity index is 1100. The van der Waals surface area contributed by atoms with Gasteiger partial charge in [-0.25, -0.2) is 4.98 Å². The van der Waals surface area contributed by atoms with Crippen LogP contribution in [0, 0.1) is 6.92 Å². The molecule has 0 aliphatic rings. The minimum Gasteiger partial charge on any atom is -0.508 e. The number of hydrogen-bond donors (Lipinski definition) is 1. The number of carbonyl (C=O) groups is 1. The quantitative estimate of drug-likeness (QED) is 0.593. The van der Waals surface area contributed by atoms with Crippen molar-refractivity contribution < 1.29 is 9.90 Å². The van der Waals surface area contributed by atoms with E-state index in [9.17, 15) is 9.90 Å². The van der Waals surface area contributed by atoms with Crippen molar-refractivity contribution in [2.75, 3.05) is 0 Å². The standard InChI is InChI=1S/C21H16N2O2/c1-14-6-4-7-15(12-14)20-22-18-10-2-3-11-19(18)23(20)21(25)16-8-5-9-17(24)13-16/h2-13,24H,1H3. The van der Waals surface area contributed by atoms with Crippen LogP contribution >= 0.6 is 0 Å². The number of rotatable bonds is 2. The molecular formula is C21H16N2O2. The lowest BCUT2D eigenvalue weighted by atomic mass is 10.1. The minimum absolute atomic E-state index is 0.0624. The van der Waals surface area contributed by atoms with Crippen LogP contribution in [0.15, 0.2) is 72.8 Å². The fraction of sp³-hybridized carbons (Fsp3) is 0.0476. The number of aromatic hydroxyl groups is 1. The molecule has 0 aliphatic carbocycles. The maximum atomic E-state index is 13.2. The van der Waals surface area contributed by atoms with E-state index in [4.69, 9.17) is 0 Å². The number of benzene rings is 3. The van der Waals surface area contributed by atoms with Crippen molar-refractivity contribution in [2.24, 2.45) is 0 Å². The van der Waals surface area contributed by atoms with Crippen LogP contribution in [0.4, 0.5) is 0 Å². The summed E-state index contributed by atoms with van der Waals surface area (Å²) in [6, 6.07) is 21.8. The molecule has 0 spiro atoms. The van der Waals surface area contributed by atoms with E-state index >= 15 is 0 Å². The summed E-state index contributed by atoms with van der Waals surface area (Å²) in [5.74, 6) is 0.437. The lowest BCUT2D eigenvalue weighted by molar-refractivity contribution is 0.0966. The molecule has 122 valence electrons. The summed E-state index contributed by atoms with van der Waals surface area (Å²) in [4.78, 5) is 17.8. The summed E-state index contributed by atoms with van der Waals surface area (Å²) < 4.78 is 1.61. The fourth-order valence-corrected chi connectivity index (χ4v) is 2.98. The average Bonchev–Trinajstić information content (AvgIpc) is 3.00. The average molecular weight is 328 g/mol. The molecule has 1 aromatic heterocycles. The summed E-state index contributed by atoms with van der Waals surface area (Å²) >= 11 is 0. The summed E-state index contributed by atoms with van der Waals surface area (Å²) in [5, 5.41) is 9.72. The molecule has 4 rings (SSSR count). The number of phenolic OH excluding ortho intramolecular Hbond substituents is 1. The molecule has 0 amide bonds. The zero-order chi connectivity index (χ0) is 17.4. The Hall–Kier alpha value is -3.40. The van der Waals surface area contributed by atoms with Gasteiger partial charge in [-0.2, -0.15) is 0 Å². The van der Waals surface area contributed by atoms with E-state index in [1.807, 2.05) is 55.5 Å². The van der Waals surface area contributed by atoms with E-state index in [0.29, 0.717) is 11.4 Å². The highest BCUT2D eigenvalue weighted by molar-refractivity contribution is 6.04. The highest BCUT2D eigenvalue weighted by Gasteiger charge is 2.19. The van der Waals surface area contributed by atoms with Crippen LogP contribution in [-0.4, -0.2) is 20.6 Å². The van der Waals surface area contributed by atoms with Crippen LogP contribution in [0.3, 0.4) is 0 Å². The van der Waals surface area contributed by atoms with E-state index in [0.717, 1.165) is 22.2 Å². The number of aryl methyl sites for hydroxylation is 1. The largest absolute Gasteiger partial charge is 0.508 e. The van der Waals surface area contributed by atoms with E-state index in [1.165, 1.54) is 6.07 Å². The van der Waals surface area contributed by atoms with Crippen molar-refractivity contribution in [1.82, 2.24) is 9.55 Å². The van der Waals surface area contributed by atoms with Gasteiger partial charge in [0.2, 0.25) is 0 Å². The number of imidazole rings is 1. The lowest BCUT2D eigenvalue weighted by Crippen LogP contribution is -2.13. The molecule has 4 nitrogen and oxygen atoms in total. The zero-order valence-corrected chi connectivity index (χ0v) is 13.7.